The summed E-state index contributed by atoms with van der Waals surface area (Å²) in [7, 11) is 0. The van der Waals surface area contributed by atoms with Gasteiger partial charge < -0.3 is 22.1 Å². The normalized spacial score (nSPS) is 11.2. The lowest BCUT2D eigenvalue weighted by atomic mass is 10.2. The first-order valence-electron chi connectivity index (χ1n) is 6.17. The van der Waals surface area contributed by atoms with Crippen LogP contribution in [-0.2, 0) is 0 Å². The number of rotatable bonds is 11. The summed E-state index contributed by atoms with van der Waals surface area (Å²) < 4.78 is 0. The fourth-order valence-electron chi connectivity index (χ4n) is 1.67. The first-order valence-corrected chi connectivity index (χ1v) is 6.17. The van der Waals surface area contributed by atoms with Crippen molar-refractivity contribution >= 4 is 0 Å². The monoisotopic (exact) mass is 216 g/mol. The van der Waals surface area contributed by atoms with Crippen LogP contribution in [0.3, 0.4) is 0 Å². The molecule has 0 aliphatic heterocycles. The quantitative estimate of drug-likeness (QED) is 0.428. The Bertz CT molecular complexity index is 119. The molecule has 0 atom stereocenters. The van der Waals surface area contributed by atoms with Crippen molar-refractivity contribution in [3.63, 3.8) is 0 Å². The highest BCUT2D eigenvalue weighted by Crippen LogP contribution is 2.01. The van der Waals surface area contributed by atoms with E-state index in [1.165, 1.54) is 19.3 Å². The summed E-state index contributed by atoms with van der Waals surface area (Å²) in [5, 5.41) is 0. The molecule has 0 fully saturated rings. The van der Waals surface area contributed by atoms with E-state index in [9.17, 15) is 0 Å². The summed E-state index contributed by atoms with van der Waals surface area (Å²) in [5.41, 5.74) is 16.5. The van der Waals surface area contributed by atoms with Gasteiger partial charge in [0.25, 0.3) is 0 Å². The number of nitrogens with zero attached hydrogens (tertiary/aromatic N) is 1. The van der Waals surface area contributed by atoms with Crippen LogP contribution in [0.2, 0.25) is 0 Å². The summed E-state index contributed by atoms with van der Waals surface area (Å²) >= 11 is 0. The lowest BCUT2D eigenvalue weighted by Crippen LogP contribution is -2.32. The van der Waals surface area contributed by atoms with E-state index in [1.54, 1.807) is 0 Å². The lowest BCUT2D eigenvalue weighted by Gasteiger charge is -2.21. The molecule has 0 amide bonds. The van der Waals surface area contributed by atoms with Gasteiger partial charge in [0.1, 0.15) is 0 Å². The van der Waals surface area contributed by atoms with Gasteiger partial charge in [0.2, 0.25) is 0 Å². The Morgan fingerprint density at radius 1 is 0.533 bits per heavy atom. The van der Waals surface area contributed by atoms with E-state index < -0.39 is 0 Å². The van der Waals surface area contributed by atoms with Crippen LogP contribution in [0.15, 0.2) is 0 Å². The highest BCUT2D eigenvalue weighted by molar-refractivity contribution is 4.59. The average Bonchev–Trinajstić information content (AvgIpc) is 2.25. The van der Waals surface area contributed by atoms with Crippen molar-refractivity contribution in [2.24, 2.45) is 17.2 Å². The summed E-state index contributed by atoms with van der Waals surface area (Å²) in [6, 6.07) is 0. The van der Waals surface area contributed by atoms with Crippen molar-refractivity contribution in [1.29, 1.82) is 0 Å². The van der Waals surface area contributed by atoms with Crippen molar-refractivity contribution in [2.45, 2.75) is 32.1 Å². The van der Waals surface area contributed by atoms with Crippen LogP contribution in [-0.4, -0.2) is 44.2 Å². The zero-order chi connectivity index (χ0) is 11.4. The second-order valence-electron chi connectivity index (χ2n) is 3.98. The van der Waals surface area contributed by atoms with Gasteiger partial charge >= 0.3 is 0 Å². The van der Waals surface area contributed by atoms with E-state index in [1.807, 2.05) is 0 Å². The minimum absolute atomic E-state index is 0.743. The van der Waals surface area contributed by atoms with E-state index in [2.05, 4.69) is 4.90 Å². The summed E-state index contributed by atoms with van der Waals surface area (Å²) in [5.74, 6) is 0. The SMILES string of the molecule is NCCCCCCN(CCN)CCCN. The van der Waals surface area contributed by atoms with Crippen LogP contribution in [0, 0.1) is 0 Å². The standard InChI is InChI=1S/C11H28N4/c12-6-3-1-2-4-9-15(11-8-14)10-5-7-13/h1-14H2. The molecule has 0 saturated carbocycles. The zero-order valence-electron chi connectivity index (χ0n) is 9.96. The fourth-order valence-corrected chi connectivity index (χ4v) is 1.67. The molecule has 6 N–H and O–H groups in total. The van der Waals surface area contributed by atoms with Crippen LogP contribution in [0.5, 0.6) is 0 Å². The fraction of sp³-hybridized carbons (Fsp3) is 1.00. The molecular formula is C11H28N4. The average molecular weight is 216 g/mol. The highest BCUT2D eigenvalue weighted by Gasteiger charge is 2.02. The molecule has 0 aromatic rings. The van der Waals surface area contributed by atoms with Gasteiger partial charge in [0.15, 0.2) is 0 Å². The number of nitrogens with two attached hydrogens (primary N) is 3. The molecule has 0 aliphatic carbocycles. The summed E-state index contributed by atoms with van der Waals surface area (Å²) in [6.45, 7) is 5.57. The lowest BCUT2D eigenvalue weighted by molar-refractivity contribution is 0.272. The van der Waals surface area contributed by atoms with Crippen molar-refractivity contribution in [3.8, 4) is 0 Å². The smallest absolute Gasteiger partial charge is 0.0105 e. The predicted molar refractivity (Wildman–Crippen MR) is 66.7 cm³/mol. The number of unbranched alkanes of at least 4 members (excludes halogenated alkanes) is 3. The molecule has 0 aliphatic rings. The molecule has 0 radical (unpaired) electrons. The second kappa shape index (κ2) is 11.9. The van der Waals surface area contributed by atoms with Gasteiger partial charge in [0.05, 0.1) is 0 Å². The Morgan fingerprint density at radius 2 is 1.13 bits per heavy atom. The molecule has 0 spiro atoms. The van der Waals surface area contributed by atoms with Gasteiger partial charge in [-0.3, -0.25) is 0 Å². The van der Waals surface area contributed by atoms with Gasteiger partial charge in [-0.1, -0.05) is 12.8 Å². The number of hydrogen-bond donors (Lipinski definition) is 3. The maximum atomic E-state index is 5.56. The molecule has 4 nitrogen and oxygen atoms in total. The minimum atomic E-state index is 0.743. The first-order chi connectivity index (χ1) is 7.35. The first kappa shape index (κ1) is 14.8. The van der Waals surface area contributed by atoms with Crippen molar-refractivity contribution in [2.75, 3.05) is 39.3 Å². The van der Waals surface area contributed by atoms with Crippen molar-refractivity contribution in [1.82, 2.24) is 4.90 Å². The van der Waals surface area contributed by atoms with Gasteiger partial charge in [-0.2, -0.15) is 0 Å². The molecular weight excluding hydrogens is 188 g/mol. The van der Waals surface area contributed by atoms with Crippen LogP contribution in [0.1, 0.15) is 32.1 Å². The van der Waals surface area contributed by atoms with E-state index in [0.29, 0.717) is 0 Å². The van der Waals surface area contributed by atoms with Crippen molar-refractivity contribution in [3.05, 3.63) is 0 Å². The molecule has 0 saturated heterocycles. The maximum absolute atomic E-state index is 5.56. The molecule has 0 bridgehead atoms. The molecule has 0 aromatic carbocycles. The minimum Gasteiger partial charge on any atom is -0.330 e. The molecule has 92 valence electrons. The second-order valence-corrected chi connectivity index (χ2v) is 3.98. The Kier molecular flexibility index (Phi) is 11.8. The third kappa shape index (κ3) is 10.1. The Morgan fingerprint density at radius 3 is 1.73 bits per heavy atom. The zero-order valence-corrected chi connectivity index (χ0v) is 9.96. The molecule has 15 heavy (non-hydrogen) atoms. The van der Waals surface area contributed by atoms with Crippen LogP contribution in [0.4, 0.5) is 0 Å². The van der Waals surface area contributed by atoms with Gasteiger partial charge in [0, 0.05) is 13.1 Å². The predicted octanol–water partition coefficient (Wildman–Crippen LogP) is 0.115. The van der Waals surface area contributed by atoms with Crippen LogP contribution < -0.4 is 17.2 Å². The van der Waals surface area contributed by atoms with E-state index in [4.69, 9.17) is 17.2 Å². The summed E-state index contributed by atoms with van der Waals surface area (Å²) in [4.78, 5) is 2.41. The van der Waals surface area contributed by atoms with Crippen molar-refractivity contribution < 1.29 is 0 Å². The third-order valence-electron chi connectivity index (χ3n) is 2.55. The van der Waals surface area contributed by atoms with E-state index in [0.717, 1.165) is 52.1 Å². The Hall–Kier alpha value is -0.160. The molecule has 0 rings (SSSR count). The van der Waals surface area contributed by atoms with Gasteiger partial charge in [-0.25, -0.2) is 0 Å². The Labute approximate surface area is 94.2 Å². The van der Waals surface area contributed by atoms with E-state index >= 15 is 0 Å². The topological polar surface area (TPSA) is 81.3 Å². The molecule has 0 unspecified atom stereocenters. The van der Waals surface area contributed by atoms with Gasteiger partial charge in [-0.05, 0) is 45.4 Å². The molecule has 0 aromatic heterocycles. The van der Waals surface area contributed by atoms with Crippen LogP contribution in [0.25, 0.3) is 0 Å². The third-order valence-corrected chi connectivity index (χ3v) is 2.55. The number of hydrogen-bond acceptors (Lipinski definition) is 4. The summed E-state index contributed by atoms with van der Waals surface area (Å²) in [6.07, 6.45) is 6.01. The van der Waals surface area contributed by atoms with Crippen LogP contribution >= 0.6 is 0 Å². The maximum Gasteiger partial charge on any atom is 0.0105 e. The largest absolute Gasteiger partial charge is 0.330 e. The Balaban J connectivity index is 3.38. The van der Waals surface area contributed by atoms with E-state index in [-0.39, 0.29) is 0 Å². The molecule has 4 heteroatoms. The van der Waals surface area contributed by atoms with Gasteiger partial charge in [-0.15, -0.1) is 0 Å². The highest BCUT2D eigenvalue weighted by atomic mass is 15.1. The molecule has 0 heterocycles.